The first kappa shape index (κ1) is 28.2. The summed E-state index contributed by atoms with van der Waals surface area (Å²) in [4.78, 5) is 27.9. The van der Waals surface area contributed by atoms with Crippen LogP contribution in [0.5, 0.6) is 0 Å². The summed E-state index contributed by atoms with van der Waals surface area (Å²) in [7, 11) is 0.623. The minimum Gasteiger partial charge on any atom is -0.379 e. The molecule has 4 aliphatic rings. The Morgan fingerprint density at radius 1 is 0.944 bits per heavy atom. The average molecular weight is 545 g/mol. The van der Waals surface area contributed by atoms with Crippen molar-refractivity contribution in [1.82, 2.24) is 10.2 Å². The molecule has 0 saturated heterocycles. The number of hydrogen-bond donors (Lipinski definition) is 1. The van der Waals surface area contributed by atoms with Gasteiger partial charge in [0, 0.05) is 32.0 Å². The van der Waals surface area contributed by atoms with Crippen LogP contribution >= 0.6 is 11.6 Å². The van der Waals surface area contributed by atoms with E-state index >= 15 is 0 Å². The summed E-state index contributed by atoms with van der Waals surface area (Å²) in [5.41, 5.74) is 0. The van der Waals surface area contributed by atoms with Gasteiger partial charge in [-0.2, -0.15) is 0 Å². The van der Waals surface area contributed by atoms with E-state index in [1.54, 1.807) is 7.11 Å². The van der Waals surface area contributed by atoms with Crippen LogP contribution in [0.1, 0.15) is 89.9 Å². The number of rotatable bonds is 9. The first-order valence-corrected chi connectivity index (χ1v) is 16.3. The molecule has 7 nitrogen and oxygen atoms in total. The normalized spacial score (nSPS) is 35.7. The molecule has 206 valence electrons. The van der Waals surface area contributed by atoms with Crippen LogP contribution in [0.2, 0.25) is 0 Å². The molecule has 0 aromatic rings. The van der Waals surface area contributed by atoms with Crippen molar-refractivity contribution in [3.63, 3.8) is 0 Å². The zero-order valence-electron chi connectivity index (χ0n) is 22.0. The summed E-state index contributed by atoms with van der Waals surface area (Å²) in [5, 5.41) is 2.64. The third kappa shape index (κ3) is 7.16. The third-order valence-electron chi connectivity index (χ3n) is 9.21. The summed E-state index contributed by atoms with van der Waals surface area (Å²) in [6.07, 6.45) is 11.9. The van der Waals surface area contributed by atoms with Crippen molar-refractivity contribution in [3.05, 3.63) is 0 Å². The molecule has 4 rings (SSSR count). The van der Waals surface area contributed by atoms with Crippen molar-refractivity contribution in [2.75, 3.05) is 19.9 Å². The SMILES string of the molecule is COC1CCCCC1N(C)C(=O)C1CCC(NC(=O)CC2CCC(S(=O)(=O)CC3CC3)CC2)CC1Cl. The summed E-state index contributed by atoms with van der Waals surface area (Å²) in [6.45, 7) is 0. The van der Waals surface area contributed by atoms with Crippen LogP contribution in [0.15, 0.2) is 0 Å². The Morgan fingerprint density at radius 3 is 2.25 bits per heavy atom. The monoisotopic (exact) mass is 544 g/mol. The number of sulfone groups is 1. The lowest BCUT2D eigenvalue weighted by atomic mass is 9.83. The van der Waals surface area contributed by atoms with E-state index < -0.39 is 9.84 Å². The fourth-order valence-corrected chi connectivity index (χ4v) is 9.44. The topological polar surface area (TPSA) is 92.8 Å². The predicted octanol–water partition coefficient (Wildman–Crippen LogP) is 4.07. The molecule has 36 heavy (non-hydrogen) atoms. The van der Waals surface area contributed by atoms with Gasteiger partial charge < -0.3 is 15.0 Å². The van der Waals surface area contributed by atoms with Crippen molar-refractivity contribution < 1.29 is 22.7 Å². The number of likely N-dealkylation sites (N-methyl/N-ethyl adjacent to an activating group) is 1. The number of ether oxygens (including phenoxy) is 1. The summed E-state index contributed by atoms with van der Waals surface area (Å²) in [5.74, 6) is 0.903. The van der Waals surface area contributed by atoms with Gasteiger partial charge in [0.05, 0.1) is 29.1 Å². The molecule has 2 amide bonds. The largest absolute Gasteiger partial charge is 0.379 e. The molecule has 0 aromatic carbocycles. The molecule has 0 bridgehead atoms. The number of amides is 2. The first-order valence-electron chi connectivity index (χ1n) is 14.1. The van der Waals surface area contributed by atoms with Gasteiger partial charge in [0.2, 0.25) is 11.8 Å². The lowest BCUT2D eigenvalue weighted by molar-refractivity contribution is -0.141. The van der Waals surface area contributed by atoms with Crippen molar-refractivity contribution in [1.29, 1.82) is 0 Å². The van der Waals surface area contributed by atoms with E-state index in [0.717, 1.165) is 57.8 Å². The van der Waals surface area contributed by atoms with Crippen LogP contribution in [-0.4, -0.2) is 73.9 Å². The van der Waals surface area contributed by atoms with Crippen LogP contribution < -0.4 is 5.32 Å². The van der Waals surface area contributed by atoms with Gasteiger partial charge in [-0.05, 0) is 82.5 Å². The molecule has 4 aliphatic carbocycles. The van der Waals surface area contributed by atoms with Crippen LogP contribution in [0, 0.1) is 17.8 Å². The van der Waals surface area contributed by atoms with Gasteiger partial charge in [0.25, 0.3) is 0 Å². The molecule has 4 fully saturated rings. The minimum atomic E-state index is -2.98. The molecule has 5 unspecified atom stereocenters. The highest BCUT2D eigenvalue weighted by Crippen LogP contribution is 2.37. The minimum absolute atomic E-state index is 0.00832. The maximum atomic E-state index is 13.3. The average Bonchev–Trinajstić information content (AvgIpc) is 3.67. The number of halogens is 1. The predicted molar refractivity (Wildman–Crippen MR) is 142 cm³/mol. The Bertz CT molecular complexity index is 871. The number of hydrogen-bond acceptors (Lipinski definition) is 5. The molecule has 0 radical (unpaired) electrons. The van der Waals surface area contributed by atoms with E-state index in [-0.39, 0.29) is 52.5 Å². The van der Waals surface area contributed by atoms with Gasteiger partial charge >= 0.3 is 0 Å². The van der Waals surface area contributed by atoms with E-state index in [2.05, 4.69) is 5.32 Å². The fraction of sp³-hybridized carbons (Fsp3) is 0.926. The molecular weight excluding hydrogens is 500 g/mol. The highest BCUT2D eigenvalue weighted by molar-refractivity contribution is 7.92. The van der Waals surface area contributed by atoms with Crippen LogP contribution in [0.3, 0.4) is 0 Å². The Hall–Kier alpha value is -0.860. The van der Waals surface area contributed by atoms with Gasteiger partial charge in [-0.25, -0.2) is 8.42 Å². The molecule has 9 heteroatoms. The number of nitrogens with zero attached hydrogens (tertiary/aromatic N) is 1. The molecule has 0 spiro atoms. The number of nitrogens with one attached hydrogen (secondary N) is 1. The zero-order chi connectivity index (χ0) is 25.9. The highest BCUT2D eigenvalue weighted by Gasteiger charge is 2.40. The van der Waals surface area contributed by atoms with Crippen molar-refractivity contribution in [2.24, 2.45) is 17.8 Å². The van der Waals surface area contributed by atoms with Gasteiger partial charge in [0.15, 0.2) is 9.84 Å². The number of alkyl halides is 1. The number of carbonyl (C=O) groups excluding carboxylic acids is 2. The Balaban J connectivity index is 1.19. The molecule has 1 N–H and O–H groups in total. The van der Waals surface area contributed by atoms with E-state index in [9.17, 15) is 18.0 Å². The molecule has 0 heterocycles. The Morgan fingerprint density at radius 2 is 1.61 bits per heavy atom. The Kier molecular flexibility index (Phi) is 9.64. The second-order valence-electron chi connectivity index (χ2n) is 11.9. The van der Waals surface area contributed by atoms with Crippen molar-refractivity contribution in [2.45, 2.75) is 119 Å². The maximum absolute atomic E-state index is 13.3. The second kappa shape index (κ2) is 12.3. The second-order valence-corrected chi connectivity index (χ2v) is 14.8. The molecule has 4 saturated carbocycles. The van der Waals surface area contributed by atoms with Crippen LogP contribution in [0.25, 0.3) is 0 Å². The van der Waals surface area contributed by atoms with Crippen molar-refractivity contribution in [3.8, 4) is 0 Å². The van der Waals surface area contributed by atoms with E-state index in [1.165, 1.54) is 0 Å². The molecule has 5 atom stereocenters. The summed E-state index contributed by atoms with van der Waals surface area (Å²) in [6, 6.07) is 0.0994. The molecular formula is C27H45ClN2O5S. The van der Waals surface area contributed by atoms with Gasteiger partial charge in [-0.15, -0.1) is 11.6 Å². The third-order valence-corrected chi connectivity index (χ3v) is 12.1. The summed E-state index contributed by atoms with van der Waals surface area (Å²) >= 11 is 6.71. The van der Waals surface area contributed by atoms with Gasteiger partial charge in [-0.3, -0.25) is 9.59 Å². The smallest absolute Gasteiger partial charge is 0.227 e. The number of methoxy groups -OCH3 is 1. The quantitative estimate of drug-likeness (QED) is 0.442. The standard InChI is InChI=1S/C27H45ClN2O5S/c1-30(24-5-3-4-6-25(24)35-2)27(32)22-14-11-20(16-23(22)28)29-26(31)15-18-9-12-21(13-10-18)36(33,34)17-19-7-8-19/h18-25H,3-17H2,1-2H3,(H,29,31). The Labute approximate surface area is 222 Å². The fourth-order valence-electron chi connectivity index (χ4n) is 6.74. The van der Waals surface area contributed by atoms with E-state index in [4.69, 9.17) is 16.3 Å². The highest BCUT2D eigenvalue weighted by atomic mass is 35.5. The maximum Gasteiger partial charge on any atom is 0.227 e. The van der Waals surface area contributed by atoms with Gasteiger partial charge in [-0.1, -0.05) is 12.8 Å². The summed E-state index contributed by atoms with van der Waals surface area (Å²) < 4.78 is 30.8. The first-order chi connectivity index (χ1) is 17.2. The number of carbonyl (C=O) groups is 2. The van der Waals surface area contributed by atoms with Gasteiger partial charge in [0.1, 0.15) is 0 Å². The molecule has 0 aliphatic heterocycles. The lowest BCUT2D eigenvalue weighted by Gasteiger charge is -2.41. The van der Waals surface area contributed by atoms with E-state index in [0.29, 0.717) is 43.8 Å². The van der Waals surface area contributed by atoms with E-state index in [1.807, 2.05) is 11.9 Å². The van der Waals surface area contributed by atoms with Crippen LogP contribution in [0.4, 0.5) is 0 Å². The zero-order valence-corrected chi connectivity index (χ0v) is 23.6. The molecule has 0 aromatic heterocycles. The lowest BCUT2D eigenvalue weighted by Crippen LogP contribution is -2.52. The van der Waals surface area contributed by atoms with Crippen LogP contribution in [-0.2, 0) is 24.2 Å². The van der Waals surface area contributed by atoms with Crippen molar-refractivity contribution >= 4 is 33.3 Å².